The number of unbranched alkanes of at least 4 members (excludes halogenated alkanes) is 10. The van der Waals surface area contributed by atoms with Crippen molar-refractivity contribution in [1.82, 2.24) is 10.0 Å². The Bertz CT molecular complexity index is 164. The van der Waals surface area contributed by atoms with Crippen molar-refractivity contribution in [1.29, 1.82) is 0 Å². The van der Waals surface area contributed by atoms with Crippen LogP contribution in [0.25, 0.3) is 0 Å². The fourth-order valence-electron chi connectivity index (χ4n) is 2.66. The fraction of sp³-hybridized carbons (Fsp3) is 1.00. The molecule has 0 aliphatic carbocycles. The Hall–Kier alpha value is -0.0800. The molecule has 0 saturated heterocycles. The molecule has 2 nitrogen and oxygen atoms in total. The van der Waals surface area contributed by atoms with Crippen molar-refractivity contribution in [3.05, 3.63) is 0 Å². The van der Waals surface area contributed by atoms with E-state index < -0.39 is 0 Å². The van der Waals surface area contributed by atoms with Gasteiger partial charge in [-0.05, 0) is 12.8 Å². The van der Waals surface area contributed by atoms with Crippen LogP contribution in [0.4, 0.5) is 0 Å². The summed E-state index contributed by atoms with van der Waals surface area (Å²) in [6, 6.07) is 0. The Morgan fingerprint density at radius 2 is 0.850 bits per heavy atom. The van der Waals surface area contributed by atoms with E-state index in [1.165, 1.54) is 90.1 Å². The van der Waals surface area contributed by atoms with Crippen molar-refractivity contribution in [2.24, 2.45) is 0 Å². The number of hydrazine groups is 1. The lowest BCUT2D eigenvalue weighted by atomic mass is 10.1. The van der Waals surface area contributed by atoms with Crippen molar-refractivity contribution >= 4 is 0 Å². The molecule has 0 aliphatic rings. The molecule has 0 saturated carbocycles. The largest absolute Gasteiger partial charge is 0.248 e. The monoisotopic (exact) mass is 284 g/mol. The van der Waals surface area contributed by atoms with Crippen LogP contribution in [-0.2, 0) is 0 Å². The summed E-state index contributed by atoms with van der Waals surface area (Å²) in [4.78, 5) is 0. The highest BCUT2D eigenvalue weighted by Gasteiger charge is 2.06. The summed E-state index contributed by atoms with van der Waals surface area (Å²) in [6.07, 6.45) is 16.7. The van der Waals surface area contributed by atoms with Crippen LogP contribution in [0.3, 0.4) is 0 Å². The summed E-state index contributed by atoms with van der Waals surface area (Å²) in [5.74, 6) is 0. The number of hydrogen-bond donors (Lipinski definition) is 0. The molecule has 0 unspecified atom stereocenters. The lowest BCUT2D eigenvalue weighted by Crippen LogP contribution is -2.38. The van der Waals surface area contributed by atoms with Gasteiger partial charge in [0.15, 0.2) is 0 Å². The lowest BCUT2D eigenvalue weighted by molar-refractivity contribution is 0.0216. The molecule has 0 aromatic rings. The first-order valence-corrected chi connectivity index (χ1v) is 9.14. The Morgan fingerprint density at radius 1 is 0.500 bits per heavy atom. The first kappa shape index (κ1) is 19.9. The number of nitrogens with zero attached hydrogens (tertiary/aromatic N) is 2. The second kappa shape index (κ2) is 15.3. The van der Waals surface area contributed by atoms with Gasteiger partial charge >= 0.3 is 0 Å². The zero-order valence-corrected chi connectivity index (χ0v) is 14.8. The molecule has 0 aliphatic heterocycles. The highest BCUT2D eigenvalue weighted by molar-refractivity contribution is 4.55. The van der Waals surface area contributed by atoms with E-state index in [0.717, 1.165) is 0 Å². The van der Waals surface area contributed by atoms with Gasteiger partial charge in [-0.15, -0.1) is 0 Å². The van der Waals surface area contributed by atoms with Gasteiger partial charge in [-0.1, -0.05) is 78.1 Å². The van der Waals surface area contributed by atoms with Crippen LogP contribution in [0.15, 0.2) is 0 Å². The molecule has 0 spiro atoms. The minimum absolute atomic E-state index is 1.24. The zero-order chi connectivity index (χ0) is 15.1. The smallest absolute Gasteiger partial charge is 0.0133 e. The van der Waals surface area contributed by atoms with E-state index in [2.05, 4.69) is 38.0 Å². The van der Waals surface area contributed by atoms with Crippen LogP contribution in [-0.4, -0.2) is 37.2 Å². The Morgan fingerprint density at radius 3 is 1.20 bits per heavy atom. The summed E-state index contributed by atoms with van der Waals surface area (Å²) in [6.45, 7) is 7.06. The van der Waals surface area contributed by atoms with E-state index in [-0.39, 0.29) is 0 Å². The molecule has 0 atom stereocenters. The third-order valence-corrected chi connectivity index (χ3v) is 4.11. The fourth-order valence-corrected chi connectivity index (χ4v) is 2.66. The van der Waals surface area contributed by atoms with Crippen LogP contribution >= 0.6 is 0 Å². The maximum atomic E-state index is 2.53. The summed E-state index contributed by atoms with van der Waals surface area (Å²) in [7, 11) is 4.38. The van der Waals surface area contributed by atoms with Gasteiger partial charge < -0.3 is 0 Å². The third kappa shape index (κ3) is 12.9. The van der Waals surface area contributed by atoms with E-state index in [1.54, 1.807) is 0 Å². The summed E-state index contributed by atoms with van der Waals surface area (Å²) in [5.41, 5.74) is 0. The molecule has 0 rings (SSSR count). The molecule has 0 heterocycles. The predicted octanol–water partition coefficient (Wildman–Crippen LogP) is 5.49. The van der Waals surface area contributed by atoms with Gasteiger partial charge in [-0.25, -0.2) is 10.0 Å². The molecule has 0 aromatic heterocycles. The standard InChI is InChI=1S/C18H40N2/c1-5-7-9-11-13-15-17-20(19(3)4)18-16-14-12-10-8-6-2/h5-18H2,1-4H3. The van der Waals surface area contributed by atoms with Crippen molar-refractivity contribution in [2.45, 2.75) is 90.9 Å². The van der Waals surface area contributed by atoms with Gasteiger partial charge in [0.05, 0.1) is 0 Å². The van der Waals surface area contributed by atoms with Crippen molar-refractivity contribution in [3.8, 4) is 0 Å². The molecular formula is C18H40N2. The van der Waals surface area contributed by atoms with Gasteiger partial charge in [-0.3, -0.25) is 0 Å². The molecule has 0 radical (unpaired) electrons. The summed E-state index contributed by atoms with van der Waals surface area (Å²) in [5, 5.41) is 4.82. The van der Waals surface area contributed by atoms with E-state index >= 15 is 0 Å². The molecule has 0 N–H and O–H groups in total. The van der Waals surface area contributed by atoms with Crippen LogP contribution < -0.4 is 0 Å². The van der Waals surface area contributed by atoms with E-state index in [4.69, 9.17) is 0 Å². The van der Waals surface area contributed by atoms with Crippen LogP contribution in [0.5, 0.6) is 0 Å². The van der Waals surface area contributed by atoms with Crippen LogP contribution in [0.2, 0.25) is 0 Å². The number of rotatable bonds is 15. The summed E-state index contributed by atoms with van der Waals surface area (Å²) < 4.78 is 0. The van der Waals surface area contributed by atoms with Crippen LogP contribution in [0.1, 0.15) is 90.9 Å². The van der Waals surface area contributed by atoms with Crippen molar-refractivity contribution < 1.29 is 0 Å². The molecule has 20 heavy (non-hydrogen) atoms. The number of hydrogen-bond acceptors (Lipinski definition) is 2. The van der Waals surface area contributed by atoms with Gasteiger partial charge in [-0.2, -0.15) is 0 Å². The second-order valence-corrected chi connectivity index (χ2v) is 6.34. The lowest BCUT2D eigenvalue weighted by Gasteiger charge is -2.29. The highest BCUT2D eigenvalue weighted by atomic mass is 15.6. The average molecular weight is 285 g/mol. The Kier molecular flexibility index (Phi) is 15.3. The topological polar surface area (TPSA) is 6.48 Å². The normalized spacial score (nSPS) is 11.7. The van der Waals surface area contributed by atoms with Crippen LogP contribution in [0, 0.1) is 0 Å². The van der Waals surface area contributed by atoms with Gasteiger partial charge in [0.2, 0.25) is 0 Å². The predicted molar refractivity (Wildman–Crippen MR) is 92.0 cm³/mol. The zero-order valence-electron chi connectivity index (χ0n) is 14.8. The SMILES string of the molecule is CCCCCCCCN(CCCCCCCC)N(C)C. The molecule has 122 valence electrons. The highest BCUT2D eigenvalue weighted by Crippen LogP contribution is 2.09. The molecule has 0 aromatic carbocycles. The quantitative estimate of drug-likeness (QED) is 0.290. The third-order valence-electron chi connectivity index (χ3n) is 4.11. The molecule has 0 fully saturated rings. The maximum absolute atomic E-state index is 2.53. The molecular weight excluding hydrogens is 244 g/mol. The first-order chi connectivity index (χ1) is 9.72. The van der Waals surface area contributed by atoms with Gasteiger partial charge in [0.1, 0.15) is 0 Å². The molecule has 0 amide bonds. The summed E-state index contributed by atoms with van der Waals surface area (Å²) >= 11 is 0. The maximum Gasteiger partial charge on any atom is 0.0133 e. The van der Waals surface area contributed by atoms with Gasteiger partial charge in [0.25, 0.3) is 0 Å². The average Bonchev–Trinajstić information content (AvgIpc) is 2.43. The Labute approximate surface area is 128 Å². The van der Waals surface area contributed by atoms with Crippen molar-refractivity contribution in [3.63, 3.8) is 0 Å². The Balaban J connectivity index is 3.51. The van der Waals surface area contributed by atoms with E-state index in [0.29, 0.717) is 0 Å². The van der Waals surface area contributed by atoms with E-state index in [9.17, 15) is 0 Å². The van der Waals surface area contributed by atoms with Gasteiger partial charge in [0, 0.05) is 27.2 Å². The first-order valence-electron chi connectivity index (χ1n) is 9.14. The molecule has 0 bridgehead atoms. The second-order valence-electron chi connectivity index (χ2n) is 6.34. The van der Waals surface area contributed by atoms with E-state index in [1.807, 2.05) is 0 Å². The minimum Gasteiger partial charge on any atom is -0.248 e. The van der Waals surface area contributed by atoms with Crippen molar-refractivity contribution in [2.75, 3.05) is 27.2 Å². The minimum atomic E-state index is 1.24. The molecule has 2 heteroatoms.